The molecule has 0 radical (unpaired) electrons. The van der Waals surface area contributed by atoms with Crippen LogP contribution in [0, 0.1) is 5.41 Å². The molecule has 0 bridgehead atoms. The third kappa shape index (κ3) is 5.54. The highest BCUT2D eigenvalue weighted by Crippen LogP contribution is 2.21. The van der Waals surface area contributed by atoms with Gasteiger partial charge in [0.1, 0.15) is 5.75 Å². The minimum Gasteiger partial charge on any atom is -0.497 e. The SMILES string of the molecule is COc1ccc(C(C)NCCCC(C)(C)C)cc1. The molecule has 0 spiro atoms. The van der Waals surface area contributed by atoms with Crippen LogP contribution in [0.2, 0.25) is 0 Å². The summed E-state index contributed by atoms with van der Waals surface area (Å²) in [6.45, 7) is 10.2. The predicted octanol–water partition coefficient (Wildman–Crippen LogP) is 4.17. The Hall–Kier alpha value is -1.02. The number of ether oxygens (including phenoxy) is 1. The van der Waals surface area contributed by atoms with E-state index in [0.29, 0.717) is 11.5 Å². The van der Waals surface area contributed by atoms with E-state index in [1.807, 2.05) is 12.1 Å². The van der Waals surface area contributed by atoms with Crippen LogP contribution in [0.4, 0.5) is 0 Å². The van der Waals surface area contributed by atoms with Crippen molar-refractivity contribution in [1.29, 1.82) is 0 Å². The van der Waals surface area contributed by atoms with Gasteiger partial charge in [0.15, 0.2) is 0 Å². The van der Waals surface area contributed by atoms with E-state index in [9.17, 15) is 0 Å². The van der Waals surface area contributed by atoms with E-state index >= 15 is 0 Å². The predicted molar refractivity (Wildman–Crippen MR) is 78.1 cm³/mol. The molecule has 0 amide bonds. The van der Waals surface area contributed by atoms with Gasteiger partial charge in [0.2, 0.25) is 0 Å². The monoisotopic (exact) mass is 249 g/mol. The number of methoxy groups -OCH3 is 1. The first-order chi connectivity index (χ1) is 8.42. The van der Waals surface area contributed by atoms with Gasteiger partial charge in [-0.25, -0.2) is 0 Å². The molecular formula is C16H27NO. The molecule has 0 aliphatic rings. The Morgan fingerprint density at radius 3 is 2.28 bits per heavy atom. The average molecular weight is 249 g/mol. The molecule has 2 nitrogen and oxygen atoms in total. The van der Waals surface area contributed by atoms with Crippen LogP contribution in [0.25, 0.3) is 0 Å². The van der Waals surface area contributed by atoms with Crippen LogP contribution < -0.4 is 10.1 Å². The first-order valence-corrected chi connectivity index (χ1v) is 6.80. The zero-order valence-corrected chi connectivity index (χ0v) is 12.4. The minimum atomic E-state index is 0.399. The molecule has 0 saturated carbocycles. The van der Waals surface area contributed by atoms with Crippen molar-refractivity contribution in [2.24, 2.45) is 5.41 Å². The zero-order chi connectivity index (χ0) is 13.6. The first kappa shape index (κ1) is 15.0. The minimum absolute atomic E-state index is 0.399. The summed E-state index contributed by atoms with van der Waals surface area (Å²) >= 11 is 0. The lowest BCUT2D eigenvalue weighted by molar-refractivity contribution is 0.357. The summed E-state index contributed by atoms with van der Waals surface area (Å²) < 4.78 is 5.16. The van der Waals surface area contributed by atoms with E-state index in [2.05, 4.69) is 45.1 Å². The van der Waals surface area contributed by atoms with Gasteiger partial charge < -0.3 is 10.1 Å². The number of hydrogen-bond donors (Lipinski definition) is 1. The van der Waals surface area contributed by atoms with E-state index in [1.54, 1.807) is 7.11 Å². The van der Waals surface area contributed by atoms with Gasteiger partial charge in [-0.2, -0.15) is 0 Å². The van der Waals surface area contributed by atoms with Gasteiger partial charge in [-0.1, -0.05) is 32.9 Å². The Bertz CT molecular complexity index is 337. The summed E-state index contributed by atoms with van der Waals surface area (Å²) in [7, 11) is 1.70. The van der Waals surface area contributed by atoms with E-state index < -0.39 is 0 Å². The van der Waals surface area contributed by atoms with Crippen molar-refractivity contribution >= 4 is 0 Å². The van der Waals surface area contributed by atoms with E-state index in [0.717, 1.165) is 12.3 Å². The van der Waals surface area contributed by atoms with Crippen molar-refractivity contribution in [3.63, 3.8) is 0 Å². The molecule has 1 N–H and O–H groups in total. The van der Waals surface area contributed by atoms with Crippen molar-refractivity contribution in [2.75, 3.05) is 13.7 Å². The number of rotatable bonds is 6. The standard InChI is InChI=1S/C16H27NO/c1-13(17-12-6-11-16(2,3)4)14-7-9-15(18-5)10-8-14/h7-10,13,17H,6,11-12H2,1-5H3. The summed E-state index contributed by atoms with van der Waals surface area (Å²) in [5.41, 5.74) is 1.75. The van der Waals surface area contributed by atoms with E-state index in [1.165, 1.54) is 18.4 Å². The van der Waals surface area contributed by atoms with Crippen molar-refractivity contribution in [1.82, 2.24) is 5.32 Å². The Kier molecular flexibility index (Phi) is 5.67. The van der Waals surface area contributed by atoms with Crippen LogP contribution in [0.15, 0.2) is 24.3 Å². The van der Waals surface area contributed by atoms with Crippen molar-refractivity contribution < 1.29 is 4.74 Å². The van der Waals surface area contributed by atoms with Gasteiger partial charge in [-0.15, -0.1) is 0 Å². The molecule has 102 valence electrons. The summed E-state index contributed by atoms with van der Waals surface area (Å²) in [5, 5.41) is 3.57. The Morgan fingerprint density at radius 1 is 1.17 bits per heavy atom. The lowest BCUT2D eigenvalue weighted by Gasteiger charge is -2.19. The Morgan fingerprint density at radius 2 is 1.78 bits per heavy atom. The first-order valence-electron chi connectivity index (χ1n) is 6.80. The van der Waals surface area contributed by atoms with Gasteiger partial charge in [0.05, 0.1) is 7.11 Å². The maximum absolute atomic E-state index is 5.16. The lowest BCUT2D eigenvalue weighted by atomic mass is 9.90. The molecule has 2 heteroatoms. The number of hydrogen-bond acceptors (Lipinski definition) is 2. The lowest BCUT2D eigenvalue weighted by Crippen LogP contribution is -2.21. The highest BCUT2D eigenvalue weighted by Gasteiger charge is 2.10. The molecule has 0 fully saturated rings. The topological polar surface area (TPSA) is 21.3 Å². The van der Waals surface area contributed by atoms with Gasteiger partial charge in [0.25, 0.3) is 0 Å². The second-order valence-corrected chi connectivity index (χ2v) is 6.11. The molecule has 0 aliphatic heterocycles. The van der Waals surface area contributed by atoms with Crippen LogP contribution in [0.1, 0.15) is 52.1 Å². The maximum atomic E-state index is 5.16. The normalized spacial score (nSPS) is 13.4. The molecule has 1 rings (SSSR count). The van der Waals surface area contributed by atoms with Crippen LogP contribution >= 0.6 is 0 Å². The Balaban J connectivity index is 2.33. The summed E-state index contributed by atoms with van der Waals surface area (Å²) in [6.07, 6.45) is 2.49. The highest BCUT2D eigenvalue weighted by atomic mass is 16.5. The largest absolute Gasteiger partial charge is 0.497 e. The second kappa shape index (κ2) is 6.79. The molecule has 18 heavy (non-hydrogen) atoms. The van der Waals surface area contributed by atoms with Gasteiger partial charge in [-0.3, -0.25) is 0 Å². The number of benzene rings is 1. The number of nitrogens with one attached hydrogen (secondary N) is 1. The molecule has 1 atom stereocenters. The second-order valence-electron chi connectivity index (χ2n) is 6.11. The van der Waals surface area contributed by atoms with Gasteiger partial charge in [-0.05, 0) is 49.4 Å². The molecule has 1 unspecified atom stereocenters. The van der Waals surface area contributed by atoms with E-state index in [-0.39, 0.29) is 0 Å². The van der Waals surface area contributed by atoms with Crippen molar-refractivity contribution in [3.05, 3.63) is 29.8 Å². The fourth-order valence-corrected chi connectivity index (χ4v) is 1.95. The fraction of sp³-hybridized carbons (Fsp3) is 0.625. The molecule has 0 aliphatic carbocycles. The van der Waals surface area contributed by atoms with Crippen molar-refractivity contribution in [3.8, 4) is 5.75 Å². The highest BCUT2D eigenvalue weighted by molar-refractivity contribution is 5.28. The molecule has 0 saturated heterocycles. The molecule has 0 aromatic heterocycles. The average Bonchev–Trinajstić information content (AvgIpc) is 2.33. The molecule has 1 aromatic carbocycles. The molecule has 1 aromatic rings. The molecular weight excluding hydrogens is 222 g/mol. The summed E-state index contributed by atoms with van der Waals surface area (Å²) in [5.74, 6) is 0.915. The maximum Gasteiger partial charge on any atom is 0.118 e. The van der Waals surface area contributed by atoms with Crippen LogP contribution in [0.5, 0.6) is 5.75 Å². The Labute approximate surface area is 112 Å². The zero-order valence-electron chi connectivity index (χ0n) is 12.4. The third-order valence-corrected chi connectivity index (χ3v) is 3.17. The van der Waals surface area contributed by atoms with Crippen LogP contribution in [-0.2, 0) is 0 Å². The smallest absolute Gasteiger partial charge is 0.118 e. The van der Waals surface area contributed by atoms with Gasteiger partial charge in [0, 0.05) is 6.04 Å². The van der Waals surface area contributed by atoms with E-state index in [4.69, 9.17) is 4.74 Å². The van der Waals surface area contributed by atoms with Crippen LogP contribution in [0.3, 0.4) is 0 Å². The summed E-state index contributed by atoms with van der Waals surface area (Å²) in [4.78, 5) is 0. The molecule has 0 heterocycles. The fourth-order valence-electron chi connectivity index (χ4n) is 1.95. The van der Waals surface area contributed by atoms with Crippen LogP contribution in [-0.4, -0.2) is 13.7 Å². The third-order valence-electron chi connectivity index (χ3n) is 3.17. The van der Waals surface area contributed by atoms with Gasteiger partial charge >= 0.3 is 0 Å². The summed E-state index contributed by atoms with van der Waals surface area (Å²) in [6, 6.07) is 8.68. The van der Waals surface area contributed by atoms with Crippen molar-refractivity contribution in [2.45, 2.75) is 46.6 Å². The quantitative estimate of drug-likeness (QED) is 0.764.